The molecule has 1 fully saturated rings. The first-order valence-electron chi connectivity index (χ1n) is 10.7. The SMILES string of the molecule is CN1CCN(c2cnc(-c3cccc(CC(=N)n4nc(N(C)C)ccc4=N)c3)nc2)CC1. The van der Waals surface area contributed by atoms with Gasteiger partial charge < -0.3 is 14.7 Å². The molecule has 0 bridgehead atoms. The van der Waals surface area contributed by atoms with Gasteiger partial charge in [0.2, 0.25) is 0 Å². The van der Waals surface area contributed by atoms with E-state index in [9.17, 15) is 0 Å². The van der Waals surface area contributed by atoms with Gasteiger partial charge in [0.1, 0.15) is 17.1 Å². The lowest BCUT2D eigenvalue weighted by Gasteiger charge is -2.33. The smallest absolute Gasteiger partial charge is 0.159 e. The third-order valence-electron chi connectivity index (χ3n) is 5.60. The van der Waals surface area contributed by atoms with Gasteiger partial charge in [0, 0.05) is 52.3 Å². The number of rotatable bonds is 5. The van der Waals surface area contributed by atoms with Crippen molar-refractivity contribution in [2.45, 2.75) is 6.42 Å². The van der Waals surface area contributed by atoms with Crippen molar-refractivity contribution in [2.75, 3.05) is 57.1 Å². The number of likely N-dealkylation sites (N-methyl/N-ethyl adjacent to an activating group) is 1. The molecule has 9 nitrogen and oxygen atoms in total. The number of benzene rings is 1. The Hall–Kier alpha value is -3.59. The van der Waals surface area contributed by atoms with Crippen LogP contribution < -0.4 is 15.3 Å². The van der Waals surface area contributed by atoms with Gasteiger partial charge in [-0.15, -0.1) is 5.10 Å². The summed E-state index contributed by atoms with van der Waals surface area (Å²) in [4.78, 5) is 15.7. The van der Waals surface area contributed by atoms with E-state index in [0.29, 0.717) is 18.1 Å². The number of anilines is 2. The molecule has 166 valence electrons. The molecule has 1 aliphatic rings. The van der Waals surface area contributed by atoms with Crippen molar-refractivity contribution in [1.29, 1.82) is 10.8 Å². The molecule has 1 aliphatic heterocycles. The molecule has 3 heterocycles. The molecule has 0 amide bonds. The van der Waals surface area contributed by atoms with Crippen molar-refractivity contribution in [1.82, 2.24) is 24.6 Å². The largest absolute Gasteiger partial charge is 0.366 e. The second kappa shape index (κ2) is 9.27. The fourth-order valence-corrected chi connectivity index (χ4v) is 3.64. The van der Waals surface area contributed by atoms with Crippen LogP contribution in [-0.4, -0.2) is 77.8 Å². The first kappa shape index (κ1) is 21.6. The van der Waals surface area contributed by atoms with Crippen LogP contribution in [0.3, 0.4) is 0 Å². The van der Waals surface area contributed by atoms with Gasteiger partial charge in [-0.3, -0.25) is 10.8 Å². The zero-order valence-electron chi connectivity index (χ0n) is 18.8. The summed E-state index contributed by atoms with van der Waals surface area (Å²) in [5, 5.41) is 21.0. The first-order valence-corrected chi connectivity index (χ1v) is 10.7. The van der Waals surface area contributed by atoms with E-state index in [2.05, 4.69) is 31.9 Å². The maximum absolute atomic E-state index is 8.50. The van der Waals surface area contributed by atoms with Crippen LogP contribution in [0.15, 0.2) is 48.8 Å². The summed E-state index contributed by atoms with van der Waals surface area (Å²) in [5.41, 5.74) is 3.08. The van der Waals surface area contributed by atoms with E-state index in [1.807, 2.05) is 55.7 Å². The van der Waals surface area contributed by atoms with E-state index in [-0.39, 0.29) is 11.3 Å². The molecule has 1 saturated heterocycles. The molecule has 9 heteroatoms. The van der Waals surface area contributed by atoms with Crippen molar-refractivity contribution in [3.05, 3.63) is 59.8 Å². The monoisotopic (exact) mass is 431 g/mol. The fraction of sp³-hybridized carbons (Fsp3) is 0.348. The van der Waals surface area contributed by atoms with Gasteiger partial charge in [0.05, 0.1) is 18.1 Å². The average molecular weight is 432 g/mol. The van der Waals surface area contributed by atoms with Crippen molar-refractivity contribution in [3.8, 4) is 11.4 Å². The second-order valence-corrected chi connectivity index (χ2v) is 8.26. The van der Waals surface area contributed by atoms with E-state index < -0.39 is 0 Å². The van der Waals surface area contributed by atoms with Gasteiger partial charge in [-0.1, -0.05) is 18.2 Å². The van der Waals surface area contributed by atoms with Crippen LogP contribution in [0, 0.1) is 10.8 Å². The number of hydrogen-bond acceptors (Lipinski definition) is 8. The predicted octanol–water partition coefficient (Wildman–Crippen LogP) is 1.71. The van der Waals surface area contributed by atoms with Crippen LogP contribution in [-0.2, 0) is 6.42 Å². The maximum Gasteiger partial charge on any atom is 0.159 e. The Labute approximate surface area is 188 Å². The molecule has 0 aliphatic carbocycles. The molecule has 0 saturated carbocycles. The van der Waals surface area contributed by atoms with E-state index >= 15 is 0 Å². The minimum absolute atomic E-state index is 0.180. The summed E-state index contributed by atoms with van der Waals surface area (Å²) in [7, 11) is 5.92. The van der Waals surface area contributed by atoms with Crippen molar-refractivity contribution in [3.63, 3.8) is 0 Å². The Kier molecular flexibility index (Phi) is 6.27. The summed E-state index contributed by atoms with van der Waals surface area (Å²) < 4.78 is 1.36. The summed E-state index contributed by atoms with van der Waals surface area (Å²) >= 11 is 0. The van der Waals surface area contributed by atoms with Crippen LogP contribution in [0.1, 0.15) is 5.56 Å². The topological polar surface area (TPSA) is 101 Å². The van der Waals surface area contributed by atoms with Crippen LogP contribution in [0.2, 0.25) is 0 Å². The summed E-state index contributed by atoms with van der Waals surface area (Å²) in [5.74, 6) is 1.60. The number of nitrogens with one attached hydrogen (secondary N) is 2. The minimum Gasteiger partial charge on any atom is -0.366 e. The number of nitrogens with zero attached hydrogens (tertiary/aromatic N) is 7. The highest BCUT2D eigenvalue weighted by Crippen LogP contribution is 2.20. The lowest BCUT2D eigenvalue weighted by atomic mass is 10.1. The zero-order valence-corrected chi connectivity index (χ0v) is 18.8. The van der Waals surface area contributed by atoms with Gasteiger partial charge >= 0.3 is 0 Å². The third-order valence-corrected chi connectivity index (χ3v) is 5.60. The van der Waals surface area contributed by atoms with Gasteiger partial charge in [-0.05, 0) is 30.8 Å². The zero-order chi connectivity index (χ0) is 22.7. The molecule has 0 unspecified atom stereocenters. The molecule has 2 aromatic heterocycles. The van der Waals surface area contributed by atoms with Crippen LogP contribution >= 0.6 is 0 Å². The molecule has 32 heavy (non-hydrogen) atoms. The van der Waals surface area contributed by atoms with E-state index in [1.54, 1.807) is 12.1 Å². The Balaban J connectivity index is 1.50. The molecule has 4 rings (SSSR count). The summed E-state index contributed by atoms with van der Waals surface area (Å²) in [6.45, 7) is 4.05. The van der Waals surface area contributed by atoms with Crippen LogP contribution in [0.5, 0.6) is 0 Å². The van der Waals surface area contributed by atoms with Gasteiger partial charge in [0.15, 0.2) is 5.82 Å². The predicted molar refractivity (Wildman–Crippen MR) is 126 cm³/mol. The second-order valence-electron chi connectivity index (χ2n) is 8.26. The molecule has 2 N–H and O–H groups in total. The van der Waals surface area contributed by atoms with Gasteiger partial charge in [0.25, 0.3) is 0 Å². The molecular weight excluding hydrogens is 402 g/mol. The lowest BCUT2D eigenvalue weighted by Crippen LogP contribution is -2.44. The van der Waals surface area contributed by atoms with Crippen molar-refractivity contribution >= 4 is 17.3 Å². The molecule has 0 spiro atoms. The Morgan fingerprint density at radius 3 is 2.44 bits per heavy atom. The molecular formula is C23H29N9. The van der Waals surface area contributed by atoms with E-state index in [1.165, 1.54) is 4.68 Å². The minimum atomic E-state index is 0.180. The highest BCUT2D eigenvalue weighted by Gasteiger charge is 2.15. The highest BCUT2D eigenvalue weighted by molar-refractivity contribution is 5.83. The summed E-state index contributed by atoms with van der Waals surface area (Å²) in [6.07, 6.45) is 4.14. The number of aromatic nitrogens is 4. The Bertz CT molecular complexity index is 1140. The first-order chi connectivity index (χ1) is 15.4. The molecule has 1 aromatic carbocycles. The average Bonchev–Trinajstić information content (AvgIpc) is 2.80. The summed E-state index contributed by atoms with van der Waals surface area (Å²) in [6, 6.07) is 11.3. The van der Waals surface area contributed by atoms with Crippen LogP contribution in [0.4, 0.5) is 11.5 Å². The molecule has 3 aromatic rings. The fourth-order valence-electron chi connectivity index (χ4n) is 3.64. The third kappa shape index (κ3) is 4.83. The maximum atomic E-state index is 8.50. The van der Waals surface area contributed by atoms with Gasteiger partial charge in [-0.2, -0.15) is 4.68 Å². The van der Waals surface area contributed by atoms with Crippen molar-refractivity contribution < 1.29 is 0 Å². The van der Waals surface area contributed by atoms with E-state index in [0.717, 1.165) is 43.0 Å². The Morgan fingerprint density at radius 2 is 1.75 bits per heavy atom. The highest BCUT2D eigenvalue weighted by atomic mass is 15.3. The van der Waals surface area contributed by atoms with Crippen molar-refractivity contribution in [2.24, 2.45) is 0 Å². The quantitative estimate of drug-likeness (QED) is 0.471. The Morgan fingerprint density at radius 1 is 1.03 bits per heavy atom. The number of hydrogen-bond donors (Lipinski definition) is 2. The molecule has 0 radical (unpaired) electrons. The standard InChI is InChI=1S/C23H29N9/c1-29(2)22-8-7-20(24)32(28-22)21(25)14-17-5-4-6-18(13-17)23-26-15-19(16-27-23)31-11-9-30(3)10-12-31/h4-8,13,15-16,24-25H,9-12,14H2,1-3H3. The van der Waals surface area contributed by atoms with Crippen LogP contribution in [0.25, 0.3) is 11.4 Å². The van der Waals surface area contributed by atoms with Gasteiger partial charge in [-0.25, -0.2) is 9.97 Å². The normalized spacial score (nSPS) is 14.4. The van der Waals surface area contributed by atoms with E-state index in [4.69, 9.17) is 10.8 Å². The lowest BCUT2D eigenvalue weighted by molar-refractivity contribution is 0.312. The molecule has 0 atom stereocenters. The number of piperazine rings is 1.